The van der Waals surface area contributed by atoms with Gasteiger partial charge in [0.25, 0.3) is 0 Å². The Labute approximate surface area is 152 Å². The third-order valence-electron chi connectivity index (χ3n) is 1.09. The molecule has 0 fully saturated rings. The fourth-order valence-electron chi connectivity index (χ4n) is 0.706. The zero-order valence-corrected chi connectivity index (χ0v) is 17.1. The van der Waals surface area contributed by atoms with E-state index in [0.29, 0.717) is 0 Å². The standard InChI is InChI=1S/H5NO21P4S2/c2-1(17-25(9,10)21-27(13,14)19-23(3,4)5)18-26(11,12)22-28(15,16)20-24(6,7)8/h(H5-,3,4,5,6,7,8,9,10,11,12)/p+1. The molecule has 0 radical (unpaired) electrons. The lowest BCUT2D eigenvalue weighted by Gasteiger charge is -2.08. The molecule has 2 unspecified atom stereocenters. The van der Waals surface area contributed by atoms with Crippen LogP contribution < -0.4 is 0 Å². The van der Waals surface area contributed by atoms with Crippen molar-refractivity contribution in [2.45, 2.75) is 0 Å². The number of hydrogen-bond acceptors (Lipinski definition) is 15. The highest BCUT2D eigenvalue weighted by molar-refractivity contribution is 7.90. The second-order valence-electron chi connectivity index (χ2n) is 3.42. The second kappa shape index (κ2) is 8.78. The second-order valence-corrected chi connectivity index (χ2v) is 11.6. The third kappa shape index (κ3) is 13.7. The van der Waals surface area contributed by atoms with Crippen molar-refractivity contribution in [1.29, 1.82) is 0 Å². The maximum atomic E-state index is 11.1. The summed E-state index contributed by atoms with van der Waals surface area (Å²) in [4.78, 5) is 61.3. The van der Waals surface area contributed by atoms with E-state index in [-0.39, 0.29) is 0 Å². The van der Waals surface area contributed by atoms with Crippen LogP contribution >= 0.6 is 31.3 Å². The summed E-state index contributed by atoms with van der Waals surface area (Å²) in [6.07, 6.45) is 0. The normalized spacial score (nSPS) is 17.9. The van der Waals surface area contributed by atoms with Crippen LogP contribution in [0.3, 0.4) is 0 Å². The SMILES string of the molecule is O=[N+](OP(=O)(O)OS(=O)(=O)OP(=O)(O)O)OP(=O)(O)OS(=O)(=O)OP(=O)(O)O. The third-order valence-corrected chi connectivity index (χ3v) is 7.75. The number of phosphoric acid groups is 4. The van der Waals surface area contributed by atoms with E-state index in [9.17, 15) is 40.0 Å². The Morgan fingerprint density at radius 1 is 0.571 bits per heavy atom. The molecule has 0 aromatic heterocycles. The summed E-state index contributed by atoms with van der Waals surface area (Å²) in [5.41, 5.74) is 0. The molecular formula is H6NO21P4S2+. The molecule has 22 nitrogen and oxygen atoms in total. The molecule has 0 aromatic rings. The molecular weight excluding hydrogens is 538 g/mol. The van der Waals surface area contributed by atoms with E-state index in [1.165, 1.54) is 0 Å². The number of rotatable bonds is 12. The zero-order chi connectivity index (χ0) is 22.8. The molecule has 6 N–H and O–H groups in total. The van der Waals surface area contributed by atoms with Gasteiger partial charge < -0.3 is 19.6 Å². The lowest BCUT2D eigenvalue weighted by Crippen LogP contribution is -2.15. The summed E-state index contributed by atoms with van der Waals surface area (Å²) < 4.78 is 104. The van der Waals surface area contributed by atoms with E-state index in [1.807, 2.05) is 0 Å². The van der Waals surface area contributed by atoms with Gasteiger partial charge in [-0.3, -0.25) is 9.79 Å². The smallest absolute Gasteiger partial charge is 0.302 e. The lowest BCUT2D eigenvalue weighted by atomic mass is 13.1. The van der Waals surface area contributed by atoms with Crippen LogP contribution in [0.2, 0.25) is 0 Å². The van der Waals surface area contributed by atoms with E-state index in [1.54, 1.807) is 0 Å². The summed E-state index contributed by atoms with van der Waals surface area (Å²) >= 11 is 0. The van der Waals surface area contributed by atoms with Crippen LogP contribution in [0.4, 0.5) is 0 Å². The summed E-state index contributed by atoms with van der Waals surface area (Å²) in [7, 11) is -36.3. The van der Waals surface area contributed by atoms with Crippen molar-refractivity contribution >= 4 is 52.1 Å². The number of hydrogen-bond donors (Lipinski definition) is 6. The quantitative estimate of drug-likeness (QED) is 0.110. The fraction of sp³-hybridized carbons (Fsp3) is 0. The monoisotopic (exact) mass is 544 g/mol. The van der Waals surface area contributed by atoms with Crippen LogP contribution in [0, 0.1) is 4.91 Å². The van der Waals surface area contributed by atoms with Gasteiger partial charge in [-0.2, -0.15) is 16.8 Å². The van der Waals surface area contributed by atoms with Gasteiger partial charge in [-0.1, -0.05) is 9.25 Å². The van der Waals surface area contributed by atoms with Gasteiger partial charge in [0.2, 0.25) is 0 Å². The van der Waals surface area contributed by atoms with E-state index in [4.69, 9.17) is 29.4 Å². The van der Waals surface area contributed by atoms with Crippen molar-refractivity contribution in [3.8, 4) is 0 Å². The largest absolute Gasteiger partial charge is 0.611 e. The summed E-state index contributed by atoms with van der Waals surface area (Å²) in [5.74, 6) is 0. The molecule has 0 spiro atoms. The van der Waals surface area contributed by atoms with Crippen LogP contribution in [-0.4, -0.2) is 51.3 Å². The highest BCUT2D eigenvalue weighted by atomic mass is 32.3. The molecule has 0 amide bonds. The molecule has 28 heteroatoms. The molecule has 0 rings (SSSR count). The molecule has 0 saturated heterocycles. The summed E-state index contributed by atoms with van der Waals surface area (Å²) in [6, 6.07) is 0. The first-order valence-electron chi connectivity index (χ1n) is 4.91. The van der Waals surface area contributed by atoms with Crippen LogP contribution in [-0.2, 0) is 64.2 Å². The first-order chi connectivity index (χ1) is 11.9. The van der Waals surface area contributed by atoms with E-state index < -0.39 is 57.2 Å². The highest BCUT2D eigenvalue weighted by Crippen LogP contribution is 2.52. The Hall–Kier alpha value is -0.380. The Morgan fingerprint density at radius 2 is 0.821 bits per heavy atom. The van der Waals surface area contributed by atoms with E-state index in [0.717, 1.165) is 0 Å². The van der Waals surface area contributed by atoms with Gasteiger partial charge in [-0.25, -0.2) is 18.3 Å². The first kappa shape index (κ1) is 27.6. The van der Waals surface area contributed by atoms with Crippen molar-refractivity contribution in [1.82, 2.24) is 0 Å². The van der Waals surface area contributed by atoms with Gasteiger partial charge in [0.1, 0.15) is 4.91 Å². The highest BCUT2D eigenvalue weighted by Gasteiger charge is 2.49. The van der Waals surface area contributed by atoms with Crippen LogP contribution in [0.1, 0.15) is 0 Å². The van der Waals surface area contributed by atoms with Gasteiger partial charge in [0.15, 0.2) is 0 Å². The Balaban J connectivity index is 5.13. The average Bonchev–Trinajstić information content (AvgIpc) is 2.12. The van der Waals surface area contributed by atoms with Gasteiger partial charge >= 0.3 is 57.2 Å². The maximum Gasteiger partial charge on any atom is 0.611 e. The van der Waals surface area contributed by atoms with Crippen molar-refractivity contribution in [2.75, 3.05) is 0 Å². The van der Waals surface area contributed by atoms with Gasteiger partial charge in [0.05, 0.1) is 0 Å². The fourth-order valence-corrected chi connectivity index (χ4v) is 5.84. The molecule has 28 heavy (non-hydrogen) atoms. The maximum absolute atomic E-state index is 11.1. The molecule has 0 heterocycles. The van der Waals surface area contributed by atoms with E-state index in [2.05, 4.69) is 25.1 Å². The van der Waals surface area contributed by atoms with Gasteiger partial charge in [-0.05, 0) is 0 Å². The number of nitrogens with zero attached hydrogens (tertiary/aromatic N) is 1. The zero-order valence-electron chi connectivity index (χ0n) is 11.9. The molecule has 2 atom stereocenters. The average molecular weight is 544 g/mol. The van der Waals surface area contributed by atoms with Crippen LogP contribution in [0.25, 0.3) is 0 Å². The minimum Gasteiger partial charge on any atom is -0.302 e. The van der Waals surface area contributed by atoms with Crippen molar-refractivity contribution in [3.05, 3.63) is 4.91 Å². The molecule has 0 aliphatic heterocycles. The molecule has 0 bridgehead atoms. The molecule has 0 aliphatic rings. The predicted molar refractivity (Wildman–Crippen MR) is 71.7 cm³/mol. The van der Waals surface area contributed by atoms with Crippen molar-refractivity contribution in [3.63, 3.8) is 0 Å². The Kier molecular flexibility index (Phi) is 8.66. The lowest BCUT2D eigenvalue weighted by molar-refractivity contribution is -0.930. The molecule has 0 aromatic carbocycles. The van der Waals surface area contributed by atoms with Crippen LogP contribution in [0.15, 0.2) is 0 Å². The predicted octanol–water partition coefficient (Wildman–Crippen LogP) is -2.43. The Bertz CT molecular complexity index is 903. The van der Waals surface area contributed by atoms with E-state index >= 15 is 0 Å². The van der Waals surface area contributed by atoms with Crippen molar-refractivity contribution in [2.24, 2.45) is 0 Å². The molecule has 0 aliphatic carbocycles. The Morgan fingerprint density at radius 3 is 1.04 bits per heavy atom. The summed E-state index contributed by atoms with van der Waals surface area (Å²) in [5, 5.41) is -1.96. The van der Waals surface area contributed by atoms with Gasteiger partial charge in [-0.15, -0.1) is 15.9 Å². The molecule has 168 valence electrons. The summed E-state index contributed by atoms with van der Waals surface area (Å²) in [6.45, 7) is 0. The minimum absolute atomic E-state index is 1.96. The minimum atomic E-state index is -6.29. The first-order valence-corrected chi connectivity index (χ1v) is 13.6. The van der Waals surface area contributed by atoms with Crippen molar-refractivity contribution < 1.29 is 94.7 Å². The molecule has 0 saturated carbocycles. The van der Waals surface area contributed by atoms with Crippen LogP contribution in [0.5, 0.6) is 0 Å². The van der Waals surface area contributed by atoms with Gasteiger partial charge in [0, 0.05) is 0 Å². The topological polar surface area (TPSA) is 333 Å².